The van der Waals surface area contributed by atoms with Crippen molar-refractivity contribution in [3.8, 4) is 22.5 Å². The molecular weight excluding hydrogens is 548 g/mol. The van der Waals surface area contributed by atoms with Crippen molar-refractivity contribution in [3.05, 3.63) is 100 Å². The van der Waals surface area contributed by atoms with E-state index in [1.54, 1.807) is 6.07 Å². The van der Waals surface area contributed by atoms with Gasteiger partial charge in [0.15, 0.2) is 5.15 Å². The van der Waals surface area contributed by atoms with Crippen LogP contribution in [0.1, 0.15) is 66.9 Å². The Morgan fingerprint density at radius 3 is 2.48 bits per heavy atom. The van der Waals surface area contributed by atoms with Crippen LogP contribution in [0.3, 0.4) is 0 Å². The average molecular weight is 583 g/mol. The van der Waals surface area contributed by atoms with Gasteiger partial charge in [-0.2, -0.15) is 5.21 Å². The van der Waals surface area contributed by atoms with Gasteiger partial charge < -0.3 is 4.57 Å². The second-order valence-corrected chi connectivity index (χ2v) is 10.5. The van der Waals surface area contributed by atoms with Gasteiger partial charge in [0, 0.05) is 25.1 Å². The third-order valence-corrected chi connectivity index (χ3v) is 7.65. The van der Waals surface area contributed by atoms with Gasteiger partial charge in [0.2, 0.25) is 11.6 Å². The van der Waals surface area contributed by atoms with Crippen LogP contribution in [0.15, 0.2) is 66.7 Å². The van der Waals surface area contributed by atoms with Crippen LogP contribution in [0.4, 0.5) is 0 Å². The van der Waals surface area contributed by atoms with E-state index >= 15 is 0 Å². The molecule has 2 aromatic carbocycles. The monoisotopic (exact) mass is 582 g/mol. The highest BCUT2D eigenvalue weighted by atomic mass is 35.5. The molecular formula is C32H35ClN8O. The fourth-order valence-corrected chi connectivity index (χ4v) is 5.36. The lowest BCUT2D eigenvalue weighted by Gasteiger charge is -2.17. The quantitative estimate of drug-likeness (QED) is 0.164. The fraction of sp³-hybridized carbons (Fsp3) is 0.312. The number of halogens is 1. The Kier molecular flexibility index (Phi) is 9.51. The van der Waals surface area contributed by atoms with Crippen LogP contribution in [0.5, 0.6) is 0 Å². The molecule has 5 aromatic rings. The van der Waals surface area contributed by atoms with Crippen LogP contribution >= 0.6 is 11.6 Å². The number of rotatable bonds is 13. The molecule has 3 aromatic heterocycles. The first-order valence-electron chi connectivity index (χ1n) is 14.4. The predicted molar refractivity (Wildman–Crippen MR) is 164 cm³/mol. The van der Waals surface area contributed by atoms with Gasteiger partial charge in [0.05, 0.1) is 5.69 Å². The van der Waals surface area contributed by atoms with Crippen molar-refractivity contribution in [3.63, 3.8) is 0 Å². The summed E-state index contributed by atoms with van der Waals surface area (Å²) in [6, 6.07) is 21.8. The molecule has 0 atom stereocenters. The van der Waals surface area contributed by atoms with Crippen molar-refractivity contribution >= 4 is 17.4 Å². The molecule has 1 N–H and O–H groups in total. The van der Waals surface area contributed by atoms with E-state index < -0.39 is 0 Å². The zero-order chi connectivity index (χ0) is 29.5. The molecule has 5 rings (SSSR count). The van der Waals surface area contributed by atoms with Gasteiger partial charge in [-0.05, 0) is 59.6 Å². The minimum Gasteiger partial charge on any atom is -0.319 e. The van der Waals surface area contributed by atoms with Crippen molar-refractivity contribution in [2.45, 2.75) is 53.1 Å². The Balaban J connectivity index is 1.54. The molecule has 42 heavy (non-hydrogen) atoms. The summed E-state index contributed by atoms with van der Waals surface area (Å²) in [6.07, 6.45) is 2.63. The van der Waals surface area contributed by atoms with Crippen LogP contribution in [0.2, 0.25) is 5.15 Å². The first-order chi connectivity index (χ1) is 20.5. The van der Waals surface area contributed by atoms with Crippen LogP contribution in [0.25, 0.3) is 22.5 Å². The summed E-state index contributed by atoms with van der Waals surface area (Å²) in [7, 11) is 0. The smallest absolute Gasteiger partial charge is 0.230 e. The number of aryl methyl sites for hydroxylation is 1. The Morgan fingerprint density at radius 2 is 1.76 bits per heavy atom. The summed E-state index contributed by atoms with van der Waals surface area (Å²) in [5.74, 6) is 1.03. The Morgan fingerprint density at radius 1 is 0.952 bits per heavy atom. The molecule has 0 saturated heterocycles. The normalized spacial score (nSPS) is 11.4. The van der Waals surface area contributed by atoms with Gasteiger partial charge >= 0.3 is 0 Å². The molecule has 0 radical (unpaired) electrons. The minimum absolute atomic E-state index is 0.196. The Labute approximate surface area is 251 Å². The molecule has 0 aliphatic carbocycles. The first kappa shape index (κ1) is 29.3. The molecule has 0 spiro atoms. The standard InChI is InChI=1S/C32H35ClN8O/c1-4-7-16-28-35-31(33)29(30(42)27-15-11-14-24(34-27)21-40(5-2)6-3)41(28)20-22-17-18-25(23-12-9-8-10-13-23)26(19-22)32-36-38-39-37-32/h8-15,17-19H,4-7,16,20-21H2,1-3H3,(H,36,37,38,39). The molecule has 216 valence electrons. The molecule has 0 bridgehead atoms. The number of aromatic nitrogens is 7. The number of benzene rings is 2. The van der Waals surface area contributed by atoms with Gasteiger partial charge in [0.1, 0.15) is 17.2 Å². The van der Waals surface area contributed by atoms with E-state index in [1.165, 1.54) is 0 Å². The van der Waals surface area contributed by atoms with Crippen molar-refractivity contribution in [2.24, 2.45) is 0 Å². The van der Waals surface area contributed by atoms with E-state index in [0.717, 1.165) is 59.7 Å². The number of ketones is 1. The van der Waals surface area contributed by atoms with E-state index in [0.29, 0.717) is 36.7 Å². The number of tetrazole rings is 1. The SMILES string of the molecule is CCCCc1nc(Cl)c(C(=O)c2cccc(CN(CC)CC)n2)n1Cc1ccc(-c2ccccc2)c(-c2nn[nH]n2)c1. The average Bonchev–Trinajstić information content (AvgIpc) is 3.67. The predicted octanol–water partition coefficient (Wildman–Crippen LogP) is 6.24. The third kappa shape index (κ3) is 6.48. The molecule has 0 unspecified atom stereocenters. The molecule has 3 heterocycles. The highest BCUT2D eigenvalue weighted by molar-refractivity contribution is 6.33. The van der Waals surface area contributed by atoms with Crippen molar-refractivity contribution < 1.29 is 4.79 Å². The fourth-order valence-electron chi connectivity index (χ4n) is 5.07. The molecule has 10 heteroatoms. The Hall–Kier alpha value is -4.21. The summed E-state index contributed by atoms with van der Waals surface area (Å²) >= 11 is 6.71. The maximum absolute atomic E-state index is 14.0. The number of aromatic amines is 1. The number of carbonyl (C=O) groups excluding carboxylic acids is 1. The maximum atomic E-state index is 14.0. The largest absolute Gasteiger partial charge is 0.319 e. The summed E-state index contributed by atoms with van der Waals surface area (Å²) in [4.78, 5) is 25.6. The number of hydrogen-bond acceptors (Lipinski definition) is 7. The molecule has 9 nitrogen and oxygen atoms in total. The van der Waals surface area contributed by atoms with Crippen molar-refractivity contribution in [1.29, 1.82) is 0 Å². The van der Waals surface area contributed by atoms with Crippen LogP contribution in [-0.2, 0) is 19.5 Å². The zero-order valence-electron chi connectivity index (χ0n) is 24.2. The lowest BCUT2D eigenvalue weighted by atomic mass is 9.97. The van der Waals surface area contributed by atoms with Crippen molar-refractivity contribution in [2.75, 3.05) is 13.1 Å². The summed E-state index contributed by atoms with van der Waals surface area (Å²) < 4.78 is 1.94. The minimum atomic E-state index is -0.240. The van der Waals surface area contributed by atoms with E-state index in [9.17, 15) is 4.79 Å². The molecule has 0 amide bonds. The third-order valence-electron chi connectivity index (χ3n) is 7.39. The van der Waals surface area contributed by atoms with Crippen LogP contribution in [0, 0.1) is 0 Å². The van der Waals surface area contributed by atoms with Gasteiger partial charge in [-0.1, -0.05) is 87.3 Å². The number of unbranched alkanes of at least 4 members (excludes halogenated alkanes) is 1. The number of H-pyrrole nitrogens is 1. The maximum Gasteiger partial charge on any atom is 0.230 e. The van der Waals surface area contributed by atoms with E-state index in [1.807, 2.05) is 41.0 Å². The zero-order valence-corrected chi connectivity index (χ0v) is 25.0. The highest BCUT2D eigenvalue weighted by Crippen LogP contribution is 2.32. The number of imidazole rings is 1. The number of hydrogen-bond donors (Lipinski definition) is 1. The van der Waals surface area contributed by atoms with E-state index in [2.05, 4.69) is 75.5 Å². The summed E-state index contributed by atoms with van der Waals surface area (Å²) in [5.41, 5.74) is 5.39. The van der Waals surface area contributed by atoms with Gasteiger partial charge in [-0.25, -0.2) is 9.97 Å². The number of nitrogens with zero attached hydrogens (tertiary/aromatic N) is 7. The molecule has 0 saturated carbocycles. The summed E-state index contributed by atoms with van der Waals surface area (Å²) in [6.45, 7) is 9.26. The second-order valence-electron chi connectivity index (χ2n) is 10.1. The van der Waals surface area contributed by atoms with Crippen LogP contribution < -0.4 is 0 Å². The molecule has 0 aliphatic heterocycles. The first-order valence-corrected chi connectivity index (χ1v) is 14.8. The number of nitrogens with one attached hydrogen (secondary N) is 1. The number of carbonyl (C=O) groups is 1. The lowest BCUT2D eigenvalue weighted by molar-refractivity contribution is 0.102. The van der Waals surface area contributed by atoms with Gasteiger partial charge in [0.25, 0.3) is 0 Å². The van der Waals surface area contributed by atoms with Gasteiger partial charge in [-0.15, -0.1) is 10.2 Å². The second kappa shape index (κ2) is 13.6. The van der Waals surface area contributed by atoms with Gasteiger partial charge in [-0.3, -0.25) is 9.69 Å². The molecule has 0 fully saturated rings. The number of pyridine rings is 1. The molecule has 0 aliphatic rings. The van der Waals surface area contributed by atoms with E-state index in [4.69, 9.17) is 16.6 Å². The Bertz CT molecular complexity index is 1630. The summed E-state index contributed by atoms with van der Waals surface area (Å²) in [5, 5.41) is 15.0. The topological polar surface area (TPSA) is 105 Å². The van der Waals surface area contributed by atoms with Crippen molar-refractivity contribution in [1.82, 2.24) is 40.1 Å². The highest BCUT2D eigenvalue weighted by Gasteiger charge is 2.25. The van der Waals surface area contributed by atoms with Crippen LogP contribution in [-0.4, -0.2) is 58.9 Å². The lowest BCUT2D eigenvalue weighted by Crippen LogP contribution is -2.23. The van der Waals surface area contributed by atoms with E-state index in [-0.39, 0.29) is 10.9 Å².